The van der Waals surface area contributed by atoms with E-state index < -0.39 is 5.79 Å². The van der Waals surface area contributed by atoms with E-state index in [1.54, 1.807) is 0 Å². The van der Waals surface area contributed by atoms with Gasteiger partial charge in [0.15, 0.2) is 5.79 Å². The summed E-state index contributed by atoms with van der Waals surface area (Å²) in [4.78, 5) is 5.40. The number of imidazole rings is 1. The maximum Gasteiger partial charge on any atom is 0.171 e. The lowest BCUT2D eigenvalue weighted by molar-refractivity contribution is -0.234. The summed E-state index contributed by atoms with van der Waals surface area (Å²) < 4.78 is 14.8. The molecule has 5 nitrogen and oxygen atoms in total. The van der Waals surface area contributed by atoms with Crippen LogP contribution in [0.25, 0.3) is 17.1 Å². The van der Waals surface area contributed by atoms with E-state index in [0.29, 0.717) is 25.0 Å². The van der Waals surface area contributed by atoms with Crippen LogP contribution in [-0.4, -0.2) is 40.3 Å². The molecule has 1 aliphatic heterocycles. The molecule has 3 aliphatic rings. The summed E-state index contributed by atoms with van der Waals surface area (Å²) in [7, 11) is 0. The van der Waals surface area contributed by atoms with Gasteiger partial charge in [-0.3, -0.25) is 4.57 Å². The summed E-state index contributed by atoms with van der Waals surface area (Å²) in [5.74, 6) is 7.16. The number of fused-ring (bicyclic) bond motifs is 3. The van der Waals surface area contributed by atoms with Gasteiger partial charge in [0.25, 0.3) is 0 Å². The van der Waals surface area contributed by atoms with Crippen molar-refractivity contribution in [1.29, 1.82) is 0 Å². The van der Waals surface area contributed by atoms with Crippen LogP contribution in [0.4, 0.5) is 0 Å². The molecule has 3 atom stereocenters. The van der Waals surface area contributed by atoms with Crippen LogP contribution >= 0.6 is 0 Å². The topological polar surface area (TPSA) is 56.5 Å². The second-order valence-corrected chi connectivity index (χ2v) is 10.3. The first-order chi connectivity index (χ1) is 17.1. The van der Waals surface area contributed by atoms with E-state index in [1.807, 2.05) is 18.2 Å². The normalized spacial score (nSPS) is 26.6. The Morgan fingerprint density at radius 3 is 2.66 bits per heavy atom. The minimum Gasteiger partial charge on any atom is -0.384 e. The summed E-state index contributed by atoms with van der Waals surface area (Å²) >= 11 is 0. The first kappa shape index (κ1) is 22.5. The number of aromatic nitrogens is 2. The first-order valence-electron chi connectivity index (χ1n) is 12.7. The third-order valence-corrected chi connectivity index (χ3v) is 8.54. The summed E-state index contributed by atoms with van der Waals surface area (Å²) in [5, 5.41) is 9.16. The van der Waals surface area contributed by atoms with Crippen LogP contribution in [0, 0.1) is 23.7 Å². The van der Waals surface area contributed by atoms with Gasteiger partial charge in [-0.1, -0.05) is 62.1 Å². The van der Waals surface area contributed by atoms with Crippen molar-refractivity contribution in [3.63, 3.8) is 0 Å². The van der Waals surface area contributed by atoms with Crippen LogP contribution < -0.4 is 0 Å². The molecule has 180 valence electrons. The Morgan fingerprint density at radius 2 is 1.89 bits per heavy atom. The van der Waals surface area contributed by atoms with Gasteiger partial charge in [-0.05, 0) is 43.4 Å². The summed E-state index contributed by atoms with van der Waals surface area (Å²) in [6, 6.07) is 18.7. The zero-order valence-electron chi connectivity index (χ0n) is 20.5. The Hall–Kier alpha value is -2.91. The number of aliphatic hydroxyl groups is 1. The largest absolute Gasteiger partial charge is 0.384 e. The molecule has 2 heterocycles. The average Bonchev–Trinajstić information content (AvgIpc) is 3.53. The van der Waals surface area contributed by atoms with Crippen LogP contribution in [-0.2, 0) is 21.3 Å². The molecule has 6 rings (SSSR count). The zero-order valence-corrected chi connectivity index (χ0v) is 20.5. The van der Waals surface area contributed by atoms with Crippen molar-refractivity contribution in [1.82, 2.24) is 9.55 Å². The van der Waals surface area contributed by atoms with Crippen LogP contribution in [0.15, 0.2) is 54.6 Å². The molecule has 2 fully saturated rings. The number of aliphatic hydroxyl groups excluding tert-OH is 1. The number of nitrogens with zero attached hydrogens (tertiary/aromatic N) is 2. The molecule has 2 aliphatic carbocycles. The smallest absolute Gasteiger partial charge is 0.171 e. The summed E-state index contributed by atoms with van der Waals surface area (Å²) in [6.07, 6.45) is 3.95. The van der Waals surface area contributed by atoms with Gasteiger partial charge >= 0.3 is 0 Å². The number of hydrogen-bond acceptors (Lipinski definition) is 4. The SMILES string of the molecule is C[C@H]1C2CCc3c(nc(-c4ccccc4)n3-c3cccc(C#CCO)c3)[C@@]2(C)CCC12OCCO2. The van der Waals surface area contributed by atoms with Crippen molar-refractivity contribution < 1.29 is 14.6 Å². The molecular formula is C30H32N2O3. The Bertz CT molecular complexity index is 1300. The van der Waals surface area contributed by atoms with E-state index in [2.05, 4.69) is 66.7 Å². The van der Waals surface area contributed by atoms with E-state index >= 15 is 0 Å². The highest BCUT2D eigenvalue weighted by atomic mass is 16.7. The van der Waals surface area contributed by atoms with Crippen molar-refractivity contribution in [3.05, 3.63) is 71.5 Å². The average molecular weight is 469 g/mol. The van der Waals surface area contributed by atoms with Gasteiger partial charge in [0.2, 0.25) is 0 Å². The van der Waals surface area contributed by atoms with Crippen molar-refractivity contribution in [2.24, 2.45) is 11.8 Å². The Kier molecular flexibility index (Phi) is 5.56. The number of hydrogen-bond donors (Lipinski definition) is 1. The van der Waals surface area contributed by atoms with Gasteiger partial charge in [0.1, 0.15) is 12.4 Å². The molecule has 0 radical (unpaired) electrons. The highest BCUT2D eigenvalue weighted by molar-refractivity contribution is 5.62. The maximum atomic E-state index is 9.16. The van der Waals surface area contributed by atoms with Crippen molar-refractivity contribution in [3.8, 4) is 28.9 Å². The predicted octanol–water partition coefficient (Wildman–Crippen LogP) is 4.88. The third kappa shape index (κ3) is 3.55. The second kappa shape index (κ2) is 8.64. The molecule has 0 bridgehead atoms. The molecule has 3 aromatic rings. The fourth-order valence-corrected chi connectivity index (χ4v) is 6.80. The number of rotatable bonds is 2. The zero-order chi connectivity index (χ0) is 24.0. The molecule has 1 saturated heterocycles. The van der Waals surface area contributed by atoms with Crippen LogP contribution in [0.1, 0.15) is 50.1 Å². The lowest BCUT2D eigenvalue weighted by Gasteiger charge is -2.53. The Morgan fingerprint density at radius 1 is 1.09 bits per heavy atom. The van der Waals surface area contributed by atoms with Crippen LogP contribution in [0.5, 0.6) is 0 Å². The Balaban J connectivity index is 1.51. The molecule has 1 spiro atoms. The van der Waals surface area contributed by atoms with E-state index in [4.69, 9.17) is 19.6 Å². The van der Waals surface area contributed by atoms with E-state index in [9.17, 15) is 0 Å². The van der Waals surface area contributed by atoms with Crippen LogP contribution in [0.3, 0.4) is 0 Å². The number of benzene rings is 2. The van der Waals surface area contributed by atoms with E-state index in [-0.39, 0.29) is 12.0 Å². The van der Waals surface area contributed by atoms with Gasteiger partial charge in [-0.25, -0.2) is 4.98 Å². The summed E-state index contributed by atoms with van der Waals surface area (Å²) in [6.45, 7) is 5.97. The minimum absolute atomic E-state index is 0.0311. The molecule has 1 N–H and O–H groups in total. The van der Waals surface area contributed by atoms with Crippen molar-refractivity contribution in [2.75, 3.05) is 19.8 Å². The van der Waals surface area contributed by atoms with E-state index in [0.717, 1.165) is 48.3 Å². The highest BCUT2D eigenvalue weighted by Gasteiger charge is 2.58. The quantitative estimate of drug-likeness (QED) is 0.545. The fraction of sp³-hybridized carbons (Fsp3) is 0.433. The first-order valence-corrected chi connectivity index (χ1v) is 12.7. The molecule has 5 heteroatoms. The summed E-state index contributed by atoms with van der Waals surface area (Å²) in [5.41, 5.74) is 5.55. The highest BCUT2D eigenvalue weighted by Crippen LogP contribution is 2.57. The minimum atomic E-state index is -0.424. The lowest BCUT2D eigenvalue weighted by atomic mass is 9.55. The Labute approximate surface area is 207 Å². The van der Waals surface area contributed by atoms with Crippen molar-refractivity contribution >= 4 is 0 Å². The molecule has 1 unspecified atom stereocenters. The molecule has 1 aromatic heterocycles. The molecule has 0 amide bonds. The van der Waals surface area contributed by atoms with Gasteiger partial charge in [0.05, 0.1) is 18.9 Å². The van der Waals surface area contributed by atoms with Crippen LogP contribution in [0.2, 0.25) is 0 Å². The lowest BCUT2D eigenvalue weighted by Crippen LogP contribution is -2.55. The molecule has 1 saturated carbocycles. The van der Waals surface area contributed by atoms with Gasteiger partial charge < -0.3 is 14.6 Å². The monoisotopic (exact) mass is 468 g/mol. The third-order valence-electron chi connectivity index (χ3n) is 8.54. The second-order valence-electron chi connectivity index (χ2n) is 10.3. The predicted molar refractivity (Wildman–Crippen MR) is 135 cm³/mol. The van der Waals surface area contributed by atoms with Crippen molar-refractivity contribution in [2.45, 2.75) is 50.7 Å². The van der Waals surface area contributed by atoms with E-state index in [1.165, 1.54) is 11.4 Å². The standard InChI is InChI=1S/C30H32N2O3/c1-21-25-13-14-26-27(29(25,2)15-16-30(21)34-18-19-35-30)31-28(23-10-4-3-5-11-23)32(26)24-12-6-8-22(20-24)9-7-17-33/h3-6,8,10-12,20-21,25,33H,13-19H2,1-2H3/t21-,25?,29-/m0/s1. The number of ether oxygens (including phenoxy) is 2. The molecule has 35 heavy (non-hydrogen) atoms. The van der Waals surface area contributed by atoms with Gasteiger partial charge in [-0.15, -0.1) is 0 Å². The molecular weight excluding hydrogens is 436 g/mol. The molecule has 2 aromatic carbocycles. The van der Waals surface area contributed by atoms with Gasteiger partial charge in [-0.2, -0.15) is 0 Å². The fourth-order valence-electron chi connectivity index (χ4n) is 6.80. The van der Waals surface area contributed by atoms with Gasteiger partial charge in [0, 0.05) is 40.3 Å². The maximum absolute atomic E-state index is 9.16.